The molecule has 0 bridgehead atoms. The van der Waals surface area contributed by atoms with Crippen molar-refractivity contribution in [1.82, 2.24) is 9.88 Å². The van der Waals surface area contributed by atoms with Crippen molar-refractivity contribution in [2.75, 3.05) is 31.6 Å². The second-order valence-electron chi connectivity index (χ2n) is 5.03. The van der Waals surface area contributed by atoms with E-state index in [0.717, 1.165) is 31.7 Å². The third kappa shape index (κ3) is 3.00. The van der Waals surface area contributed by atoms with Gasteiger partial charge in [0.05, 0.1) is 12.3 Å². The molecule has 100 valence electrons. The molecule has 0 amide bonds. The first-order chi connectivity index (χ1) is 8.74. The smallest absolute Gasteiger partial charge is 0.0853 e. The number of likely N-dealkylation sites (N-methyl/N-ethyl adjacent to an activating group) is 1. The van der Waals surface area contributed by atoms with Gasteiger partial charge in [-0.1, -0.05) is 6.92 Å². The lowest BCUT2D eigenvalue weighted by molar-refractivity contribution is 0.277. The minimum atomic E-state index is 0.0123. The Hall–Kier alpha value is -1.13. The van der Waals surface area contributed by atoms with Crippen molar-refractivity contribution < 1.29 is 5.11 Å². The number of hydrogen-bond donors (Lipinski definition) is 1. The molecular weight excluding hydrogens is 226 g/mol. The van der Waals surface area contributed by atoms with Gasteiger partial charge in [0.25, 0.3) is 0 Å². The van der Waals surface area contributed by atoms with Gasteiger partial charge in [-0.05, 0) is 38.6 Å². The molecule has 4 nitrogen and oxygen atoms in total. The fraction of sp³-hybridized carbons (Fsp3) is 0.643. The van der Waals surface area contributed by atoms with Crippen LogP contribution in [0.4, 0.5) is 5.69 Å². The number of pyridine rings is 1. The van der Waals surface area contributed by atoms with E-state index < -0.39 is 0 Å². The van der Waals surface area contributed by atoms with Crippen LogP contribution in [0.15, 0.2) is 18.3 Å². The summed E-state index contributed by atoms with van der Waals surface area (Å²) in [5, 5.41) is 9.19. The van der Waals surface area contributed by atoms with Crippen LogP contribution in [0.2, 0.25) is 0 Å². The molecule has 1 aliphatic heterocycles. The molecule has 1 aromatic rings. The quantitative estimate of drug-likeness (QED) is 0.881. The minimum Gasteiger partial charge on any atom is -0.390 e. The van der Waals surface area contributed by atoms with E-state index in [-0.39, 0.29) is 6.61 Å². The van der Waals surface area contributed by atoms with Crippen LogP contribution in [0.5, 0.6) is 0 Å². The van der Waals surface area contributed by atoms with Crippen LogP contribution in [0.1, 0.15) is 25.5 Å². The van der Waals surface area contributed by atoms with E-state index in [2.05, 4.69) is 28.8 Å². The monoisotopic (exact) mass is 249 g/mol. The third-order valence-corrected chi connectivity index (χ3v) is 3.67. The van der Waals surface area contributed by atoms with Gasteiger partial charge in [-0.15, -0.1) is 0 Å². The largest absolute Gasteiger partial charge is 0.390 e. The second kappa shape index (κ2) is 6.16. The summed E-state index contributed by atoms with van der Waals surface area (Å²) in [7, 11) is 2.19. The first-order valence-electron chi connectivity index (χ1n) is 6.75. The van der Waals surface area contributed by atoms with Gasteiger partial charge >= 0.3 is 0 Å². The number of aliphatic hydroxyl groups is 1. The molecule has 1 aliphatic rings. The zero-order chi connectivity index (χ0) is 13.0. The van der Waals surface area contributed by atoms with E-state index in [0.29, 0.717) is 6.04 Å². The molecule has 1 aromatic heterocycles. The summed E-state index contributed by atoms with van der Waals surface area (Å²) in [5.41, 5.74) is 1.94. The van der Waals surface area contributed by atoms with Gasteiger partial charge in [-0.25, -0.2) is 0 Å². The number of aliphatic hydroxyl groups excluding tert-OH is 1. The Morgan fingerprint density at radius 1 is 1.44 bits per heavy atom. The molecule has 1 unspecified atom stereocenters. The van der Waals surface area contributed by atoms with E-state index in [1.807, 2.05) is 12.1 Å². The van der Waals surface area contributed by atoms with Crippen molar-refractivity contribution in [1.29, 1.82) is 0 Å². The standard InChI is InChI=1S/C14H23N3O/c1-3-13-10-16(2)7-4-8-17(13)14-5-6-15-12(9-14)11-18/h5-6,9,13,18H,3-4,7-8,10-11H2,1-2H3. The highest BCUT2D eigenvalue weighted by atomic mass is 16.3. The molecule has 2 rings (SSSR count). The molecule has 1 atom stereocenters. The van der Waals surface area contributed by atoms with Crippen molar-refractivity contribution in [3.8, 4) is 0 Å². The summed E-state index contributed by atoms with van der Waals surface area (Å²) in [6, 6.07) is 4.60. The highest BCUT2D eigenvalue weighted by Gasteiger charge is 2.22. The number of anilines is 1. The van der Waals surface area contributed by atoms with Crippen molar-refractivity contribution in [3.63, 3.8) is 0 Å². The van der Waals surface area contributed by atoms with E-state index in [4.69, 9.17) is 0 Å². The molecule has 2 heterocycles. The maximum absolute atomic E-state index is 9.19. The van der Waals surface area contributed by atoms with Gasteiger partial charge < -0.3 is 14.9 Å². The van der Waals surface area contributed by atoms with Gasteiger partial charge in [0, 0.05) is 31.0 Å². The number of aromatic nitrogens is 1. The lowest BCUT2D eigenvalue weighted by Gasteiger charge is -2.32. The number of nitrogens with zero attached hydrogens (tertiary/aromatic N) is 3. The van der Waals surface area contributed by atoms with Crippen LogP contribution in [-0.4, -0.2) is 47.7 Å². The summed E-state index contributed by atoms with van der Waals surface area (Å²) in [6.45, 7) is 5.60. The van der Waals surface area contributed by atoms with E-state index in [1.165, 1.54) is 12.1 Å². The normalized spacial score (nSPS) is 21.9. The molecule has 4 heteroatoms. The Kier molecular flexibility index (Phi) is 4.55. The first-order valence-corrected chi connectivity index (χ1v) is 6.75. The van der Waals surface area contributed by atoms with Crippen LogP contribution in [0.25, 0.3) is 0 Å². The summed E-state index contributed by atoms with van der Waals surface area (Å²) >= 11 is 0. The molecule has 0 radical (unpaired) electrons. The zero-order valence-electron chi connectivity index (χ0n) is 11.3. The fourth-order valence-electron chi connectivity index (χ4n) is 2.66. The maximum atomic E-state index is 9.19. The van der Waals surface area contributed by atoms with Crippen LogP contribution < -0.4 is 4.90 Å². The molecule has 0 aromatic carbocycles. The third-order valence-electron chi connectivity index (χ3n) is 3.67. The summed E-state index contributed by atoms with van der Waals surface area (Å²) in [5.74, 6) is 0. The second-order valence-corrected chi connectivity index (χ2v) is 5.03. The molecule has 1 saturated heterocycles. The molecule has 0 aliphatic carbocycles. The topological polar surface area (TPSA) is 39.6 Å². The molecule has 1 fully saturated rings. The highest BCUT2D eigenvalue weighted by Crippen LogP contribution is 2.22. The molecular formula is C14H23N3O. The molecule has 0 spiro atoms. The first kappa shape index (κ1) is 13.3. The fourth-order valence-corrected chi connectivity index (χ4v) is 2.66. The molecule has 0 saturated carbocycles. The minimum absolute atomic E-state index is 0.0123. The Labute approximate surface area is 109 Å². The summed E-state index contributed by atoms with van der Waals surface area (Å²) in [4.78, 5) is 9.02. The Bertz CT molecular complexity index is 383. The van der Waals surface area contributed by atoms with Crippen LogP contribution >= 0.6 is 0 Å². The lowest BCUT2D eigenvalue weighted by Crippen LogP contribution is -2.39. The van der Waals surface area contributed by atoms with Crippen molar-refractivity contribution >= 4 is 5.69 Å². The van der Waals surface area contributed by atoms with E-state index in [1.54, 1.807) is 6.20 Å². The van der Waals surface area contributed by atoms with Crippen LogP contribution in [0, 0.1) is 0 Å². The summed E-state index contributed by atoms with van der Waals surface area (Å²) in [6.07, 6.45) is 4.12. The summed E-state index contributed by atoms with van der Waals surface area (Å²) < 4.78 is 0. The van der Waals surface area contributed by atoms with Gasteiger partial charge in [-0.3, -0.25) is 4.98 Å². The number of hydrogen-bond acceptors (Lipinski definition) is 4. The molecule has 18 heavy (non-hydrogen) atoms. The van der Waals surface area contributed by atoms with Gasteiger partial charge in [-0.2, -0.15) is 0 Å². The van der Waals surface area contributed by atoms with Gasteiger partial charge in [0.2, 0.25) is 0 Å². The highest BCUT2D eigenvalue weighted by molar-refractivity contribution is 5.47. The molecule has 1 N–H and O–H groups in total. The van der Waals surface area contributed by atoms with Crippen molar-refractivity contribution in [2.24, 2.45) is 0 Å². The average Bonchev–Trinajstić information content (AvgIpc) is 2.60. The average molecular weight is 249 g/mol. The Morgan fingerprint density at radius 3 is 3.00 bits per heavy atom. The predicted octanol–water partition coefficient (Wildman–Crippen LogP) is 1.49. The van der Waals surface area contributed by atoms with Gasteiger partial charge in [0.1, 0.15) is 0 Å². The van der Waals surface area contributed by atoms with E-state index >= 15 is 0 Å². The van der Waals surface area contributed by atoms with Gasteiger partial charge in [0.15, 0.2) is 0 Å². The van der Waals surface area contributed by atoms with E-state index in [9.17, 15) is 5.11 Å². The Morgan fingerprint density at radius 2 is 2.28 bits per heavy atom. The SMILES string of the molecule is CCC1CN(C)CCCN1c1ccnc(CO)c1. The predicted molar refractivity (Wildman–Crippen MR) is 73.7 cm³/mol. The maximum Gasteiger partial charge on any atom is 0.0853 e. The van der Waals surface area contributed by atoms with Crippen LogP contribution in [0.3, 0.4) is 0 Å². The zero-order valence-corrected chi connectivity index (χ0v) is 11.3. The van der Waals surface area contributed by atoms with Crippen molar-refractivity contribution in [3.05, 3.63) is 24.0 Å². The van der Waals surface area contributed by atoms with Crippen molar-refractivity contribution in [2.45, 2.75) is 32.4 Å². The Balaban J connectivity index is 2.22. The number of rotatable bonds is 3. The van der Waals surface area contributed by atoms with Crippen LogP contribution in [-0.2, 0) is 6.61 Å². The lowest BCUT2D eigenvalue weighted by atomic mass is 10.1.